The average molecular weight is 437 g/mol. The van der Waals surface area contributed by atoms with E-state index in [1.54, 1.807) is 24.5 Å². The number of amides is 2. The number of aromatic nitrogens is 1. The first-order valence-corrected chi connectivity index (χ1v) is 11.3. The molecular formula is C23H24N4O3S. The molecule has 160 valence electrons. The maximum Gasteiger partial charge on any atom is 0.407 e. The van der Waals surface area contributed by atoms with Gasteiger partial charge in [0.15, 0.2) is 0 Å². The molecule has 0 radical (unpaired) electrons. The lowest BCUT2D eigenvalue weighted by atomic mass is 9.94. The van der Waals surface area contributed by atoms with Crippen LogP contribution in [0.1, 0.15) is 53.7 Å². The van der Waals surface area contributed by atoms with Gasteiger partial charge in [0.25, 0.3) is 0 Å². The molecule has 0 spiro atoms. The number of nitriles is 1. The number of nitrogens with zero attached hydrogens (tertiary/aromatic N) is 2. The van der Waals surface area contributed by atoms with Crippen LogP contribution in [0.3, 0.4) is 0 Å². The number of thiophene rings is 1. The maximum absolute atomic E-state index is 12.3. The first kappa shape index (κ1) is 21.1. The number of anilines is 1. The molecule has 2 aromatic heterocycles. The zero-order valence-electron chi connectivity index (χ0n) is 17.1. The highest BCUT2D eigenvalue weighted by Crippen LogP contribution is 2.38. The van der Waals surface area contributed by atoms with Gasteiger partial charge in [-0.3, -0.25) is 9.78 Å². The van der Waals surface area contributed by atoms with E-state index in [0.29, 0.717) is 29.8 Å². The number of ether oxygens (including phenoxy) is 1. The molecule has 2 heterocycles. The first-order valence-electron chi connectivity index (χ1n) is 10.5. The standard InChI is InChI=1S/C23H24N4O3S/c24-13-19-18-9-8-17(30-23(29)26-16-5-1-2-6-16)12-20(18)31-22(19)27-21(28)10-7-15-4-3-11-25-14-15/h3-4,7,10-11,14,16-17H,1-2,5-6,8-9,12H2,(H,26,29)(H,27,28)/b10-7+. The quantitative estimate of drug-likeness (QED) is 0.684. The van der Waals surface area contributed by atoms with Gasteiger partial charge in [-0.05, 0) is 49.0 Å². The van der Waals surface area contributed by atoms with Gasteiger partial charge >= 0.3 is 6.09 Å². The minimum absolute atomic E-state index is 0.215. The van der Waals surface area contributed by atoms with E-state index in [1.165, 1.54) is 17.4 Å². The van der Waals surface area contributed by atoms with Crippen LogP contribution in [0.15, 0.2) is 30.6 Å². The van der Waals surface area contributed by atoms with Crippen LogP contribution in [0.4, 0.5) is 9.80 Å². The number of hydrogen-bond donors (Lipinski definition) is 2. The molecule has 0 aromatic carbocycles. The highest BCUT2D eigenvalue weighted by atomic mass is 32.1. The fourth-order valence-corrected chi connectivity index (χ4v) is 5.35. The Hall–Kier alpha value is -3.18. The molecule has 2 aliphatic rings. The highest BCUT2D eigenvalue weighted by molar-refractivity contribution is 7.16. The van der Waals surface area contributed by atoms with Gasteiger partial charge in [0.1, 0.15) is 17.2 Å². The number of nitrogens with one attached hydrogen (secondary N) is 2. The molecule has 2 N–H and O–H groups in total. The van der Waals surface area contributed by atoms with Gasteiger partial charge < -0.3 is 15.4 Å². The van der Waals surface area contributed by atoms with Crippen LogP contribution in [0.5, 0.6) is 0 Å². The van der Waals surface area contributed by atoms with Crippen molar-refractivity contribution >= 4 is 34.4 Å². The lowest BCUT2D eigenvalue weighted by Gasteiger charge is -2.23. The van der Waals surface area contributed by atoms with Crippen molar-refractivity contribution in [1.82, 2.24) is 10.3 Å². The van der Waals surface area contributed by atoms with Crippen molar-refractivity contribution in [2.45, 2.75) is 57.1 Å². The summed E-state index contributed by atoms with van der Waals surface area (Å²) in [6, 6.07) is 6.10. The summed E-state index contributed by atoms with van der Waals surface area (Å²) in [5.41, 5.74) is 2.28. The Labute approximate surface area is 185 Å². The number of pyridine rings is 1. The Morgan fingerprint density at radius 1 is 1.29 bits per heavy atom. The van der Waals surface area contributed by atoms with E-state index < -0.39 is 0 Å². The van der Waals surface area contributed by atoms with Crippen molar-refractivity contribution in [2.75, 3.05) is 5.32 Å². The number of alkyl carbamates (subject to hydrolysis) is 1. The highest BCUT2D eigenvalue weighted by Gasteiger charge is 2.29. The summed E-state index contributed by atoms with van der Waals surface area (Å²) in [6.07, 6.45) is 12.1. The number of carbonyl (C=O) groups excluding carboxylic acids is 2. The fourth-order valence-electron chi connectivity index (χ4n) is 4.08. The van der Waals surface area contributed by atoms with Gasteiger partial charge in [-0.1, -0.05) is 18.9 Å². The lowest BCUT2D eigenvalue weighted by molar-refractivity contribution is -0.111. The molecule has 1 atom stereocenters. The molecule has 0 aliphatic heterocycles. The Kier molecular flexibility index (Phi) is 6.63. The van der Waals surface area contributed by atoms with Gasteiger partial charge in [-0.25, -0.2) is 4.79 Å². The zero-order chi connectivity index (χ0) is 21.6. The normalized spacial score (nSPS) is 18.4. The summed E-state index contributed by atoms with van der Waals surface area (Å²) in [7, 11) is 0. The van der Waals surface area contributed by atoms with E-state index in [2.05, 4.69) is 21.7 Å². The minimum atomic E-state index is -0.355. The number of fused-ring (bicyclic) bond motifs is 1. The van der Waals surface area contributed by atoms with Crippen LogP contribution in [-0.2, 0) is 22.4 Å². The second-order valence-electron chi connectivity index (χ2n) is 7.82. The average Bonchev–Trinajstić information content (AvgIpc) is 3.39. The Balaban J connectivity index is 1.38. The van der Waals surface area contributed by atoms with Gasteiger partial charge in [0.2, 0.25) is 5.91 Å². The molecular weight excluding hydrogens is 412 g/mol. The molecule has 2 aromatic rings. The van der Waals surface area contributed by atoms with E-state index in [1.807, 2.05) is 6.07 Å². The van der Waals surface area contributed by atoms with E-state index >= 15 is 0 Å². The summed E-state index contributed by atoms with van der Waals surface area (Å²) in [4.78, 5) is 29.5. The van der Waals surface area contributed by atoms with Crippen LogP contribution in [0.25, 0.3) is 6.08 Å². The molecule has 4 rings (SSSR count). The topological polar surface area (TPSA) is 104 Å². The predicted octanol–water partition coefficient (Wildman–Crippen LogP) is 4.19. The third-order valence-electron chi connectivity index (χ3n) is 5.63. The van der Waals surface area contributed by atoms with Crippen molar-refractivity contribution in [3.8, 4) is 6.07 Å². The molecule has 8 heteroatoms. The van der Waals surface area contributed by atoms with Crippen molar-refractivity contribution in [1.29, 1.82) is 5.26 Å². The largest absolute Gasteiger partial charge is 0.446 e. The molecule has 1 unspecified atom stereocenters. The molecule has 7 nitrogen and oxygen atoms in total. The second kappa shape index (κ2) is 9.75. The number of rotatable bonds is 5. The molecule has 2 amide bonds. The number of carbonyl (C=O) groups is 2. The minimum Gasteiger partial charge on any atom is -0.446 e. The molecule has 1 fully saturated rings. The predicted molar refractivity (Wildman–Crippen MR) is 119 cm³/mol. The Bertz CT molecular complexity index is 1020. The summed E-state index contributed by atoms with van der Waals surface area (Å²) in [5, 5.41) is 16.0. The second-order valence-corrected chi connectivity index (χ2v) is 8.93. The Morgan fingerprint density at radius 2 is 2.13 bits per heavy atom. The monoisotopic (exact) mass is 436 g/mol. The smallest absolute Gasteiger partial charge is 0.407 e. The van der Waals surface area contributed by atoms with Crippen LogP contribution in [0, 0.1) is 11.3 Å². The first-order chi connectivity index (χ1) is 15.1. The summed E-state index contributed by atoms with van der Waals surface area (Å²) in [5.74, 6) is -0.303. The summed E-state index contributed by atoms with van der Waals surface area (Å²) < 4.78 is 5.63. The molecule has 31 heavy (non-hydrogen) atoms. The van der Waals surface area contributed by atoms with Crippen LogP contribution in [0.2, 0.25) is 0 Å². The fraction of sp³-hybridized carbons (Fsp3) is 0.391. The van der Waals surface area contributed by atoms with E-state index in [9.17, 15) is 14.9 Å². The van der Waals surface area contributed by atoms with Gasteiger partial charge in [0.05, 0.1) is 5.56 Å². The third-order valence-corrected chi connectivity index (χ3v) is 6.80. The maximum atomic E-state index is 12.3. The van der Waals surface area contributed by atoms with Gasteiger partial charge in [0, 0.05) is 35.8 Å². The summed E-state index contributed by atoms with van der Waals surface area (Å²) >= 11 is 1.39. The van der Waals surface area contributed by atoms with E-state index in [4.69, 9.17) is 4.74 Å². The summed E-state index contributed by atoms with van der Waals surface area (Å²) in [6.45, 7) is 0. The molecule has 0 saturated heterocycles. The SMILES string of the molecule is N#Cc1c(NC(=O)/C=C/c2cccnc2)sc2c1CCC(OC(=O)NC1CCCC1)C2. The number of hydrogen-bond acceptors (Lipinski definition) is 6. The lowest BCUT2D eigenvalue weighted by Crippen LogP contribution is -2.37. The van der Waals surface area contributed by atoms with Crippen LogP contribution >= 0.6 is 11.3 Å². The van der Waals surface area contributed by atoms with Crippen molar-refractivity contribution in [3.05, 3.63) is 52.2 Å². The molecule has 2 aliphatic carbocycles. The van der Waals surface area contributed by atoms with E-state index in [-0.39, 0.29) is 24.1 Å². The van der Waals surface area contributed by atoms with Gasteiger partial charge in [-0.2, -0.15) is 5.26 Å². The van der Waals surface area contributed by atoms with E-state index in [0.717, 1.165) is 41.7 Å². The Morgan fingerprint density at radius 3 is 2.87 bits per heavy atom. The van der Waals surface area contributed by atoms with Crippen molar-refractivity contribution < 1.29 is 14.3 Å². The van der Waals surface area contributed by atoms with Crippen LogP contribution in [-0.4, -0.2) is 29.1 Å². The molecule has 1 saturated carbocycles. The zero-order valence-corrected chi connectivity index (χ0v) is 17.9. The third kappa shape index (κ3) is 5.30. The van der Waals surface area contributed by atoms with Gasteiger partial charge in [-0.15, -0.1) is 11.3 Å². The van der Waals surface area contributed by atoms with Crippen molar-refractivity contribution in [2.24, 2.45) is 0 Å². The molecule has 0 bridgehead atoms. The van der Waals surface area contributed by atoms with Crippen molar-refractivity contribution in [3.63, 3.8) is 0 Å². The van der Waals surface area contributed by atoms with Crippen LogP contribution < -0.4 is 10.6 Å².